The lowest BCUT2D eigenvalue weighted by Gasteiger charge is -2.27. The monoisotopic (exact) mass is 508 g/mol. The molecule has 0 amide bonds. The topological polar surface area (TPSA) is 46.2 Å². The zero-order valence-electron chi connectivity index (χ0n) is 20.0. The Morgan fingerprint density at radius 2 is 0.889 bits per heavy atom. The molecule has 3 nitrogen and oxygen atoms in total. The molecule has 0 radical (unpaired) electrons. The molecule has 5 aromatic carbocycles. The summed E-state index contributed by atoms with van der Waals surface area (Å²) < 4.78 is 28.6. The van der Waals surface area contributed by atoms with Gasteiger partial charge in [-0.05, 0) is 79.7 Å². The van der Waals surface area contributed by atoms with Crippen LogP contribution in [0.15, 0.2) is 144 Å². The van der Waals surface area contributed by atoms with Crippen molar-refractivity contribution < 1.29 is 8.42 Å². The van der Waals surface area contributed by atoms with Crippen LogP contribution in [0.5, 0.6) is 0 Å². The minimum Gasteiger partial charge on any atom is -0.280 e. The van der Waals surface area contributed by atoms with Gasteiger partial charge in [0.2, 0.25) is 0 Å². The van der Waals surface area contributed by atoms with Gasteiger partial charge in [0.25, 0.3) is 10.0 Å². The standard InChI is InChI=1S/C31H27NO2PS/c1-25-17-23-31(24-18-25)36(33,34)32-26-19-21-30(22-20-26)35(27-11-5-2-6-12-27,28-13-7-3-8-14-28)29-15-9-4-10-16-29/h2-24,32H,1H3/q+1. The summed E-state index contributed by atoms with van der Waals surface area (Å²) in [6.07, 6.45) is 0. The van der Waals surface area contributed by atoms with E-state index in [1.54, 1.807) is 24.3 Å². The highest BCUT2D eigenvalue weighted by Crippen LogP contribution is 2.54. The number of anilines is 1. The second-order valence-electron chi connectivity index (χ2n) is 8.64. The Kier molecular flexibility index (Phi) is 6.73. The molecule has 0 atom stereocenters. The molecule has 0 saturated carbocycles. The lowest BCUT2D eigenvalue weighted by atomic mass is 10.2. The molecule has 5 rings (SSSR count). The number of aryl methyl sites for hydroxylation is 1. The van der Waals surface area contributed by atoms with Gasteiger partial charge in [-0.15, -0.1) is 0 Å². The molecule has 0 unspecified atom stereocenters. The molecule has 5 heteroatoms. The Morgan fingerprint density at radius 3 is 1.31 bits per heavy atom. The number of hydrogen-bond acceptors (Lipinski definition) is 2. The molecule has 0 aromatic heterocycles. The average Bonchev–Trinajstić information content (AvgIpc) is 2.92. The van der Waals surface area contributed by atoms with Crippen molar-refractivity contribution in [3.63, 3.8) is 0 Å². The fourth-order valence-electron chi connectivity index (χ4n) is 4.53. The first-order valence-electron chi connectivity index (χ1n) is 11.8. The maximum atomic E-state index is 13.0. The van der Waals surface area contributed by atoms with E-state index >= 15 is 0 Å². The van der Waals surface area contributed by atoms with Crippen LogP contribution in [-0.2, 0) is 10.0 Å². The second-order valence-corrected chi connectivity index (χ2v) is 13.7. The van der Waals surface area contributed by atoms with Gasteiger partial charge >= 0.3 is 0 Å². The van der Waals surface area contributed by atoms with Crippen LogP contribution in [0.2, 0.25) is 0 Å². The minimum atomic E-state index is -3.68. The summed E-state index contributed by atoms with van der Waals surface area (Å²) >= 11 is 0. The third-order valence-corrected chi connectivity index (χ3v) is 12.0. The lowest BCUT2D eigenvalue weighted by Crippen LogP contribution is -2.38. The van der Waals surface area contributed by atoms with Gasteiger partial charge in [0.15, 0.2) is 0 Å². The van der Waals surface area contributed by atoms with Gasteiger partial charge in [0.05, 0.1) is 4.90 Å². The van der Waals surface area contributed by atoms with Crippen LogP contribution in [0.3, 0.4) is 0 Å². The summed E-state index contributed by atoms with van der Waals surface area (Å²) in [5, 5.41) is 4.89. The zero-order chi connectivity index (χ0) is 25.0. The molecule has 0 aliphatic carbocycles. The SMILES string of the molecule is Cc1ccc(S(=O)(=O)Nc2ccc([P+](c3ccccc3)(c3ccccc3)c3ccccc3)cc2)cc1. The molecule has 0 bridgehead atoms. The van der Waals surface area contributed by atoms with Crippen molar-refractivity contribution in [2.45, 2.75) is 11.8 Å². The molecule has 5 aromatic rings. The van der Waals surface area contributed by atoms with Crippen LogP contribution < -0.4 is 25.9 Å². The van der Waals surface area contributed by atoms with E-state index in [2.05, 4.69) is 89.7 Å². The lowest BCUT2D eigenvalue weighted by molar-refractivity contribution is 0.601. The van der Waals surface area contributed by atoms with Crippen LogP contribution in [0.25, 0.3) is 0 Å². The summed E-state index contributed by atoms with van der Waals surface area (Å²) in [4.78, 5) is 0.247. The Hall–Kier alpha value is -3.72. The van der Waals surface area contributed by atoms with Crippen molar-refractivity contribution in [3.05, 3.63) is 145 Å². The summed E-state index contributed by atoms with van der Waals surface area (Å²) in [5.74, 6) is 0. The third-order valence-electron chi connectivity index (χ3n) is 6.27. The molecule has 0 fully saturated rings. The first-order chi connectivity index (χ1) is 17.5. The second kappa shape index (κ2) is 10.1. The van der Waals surface area contributed by atoms with Gasteiger partial charge in [-0.2, -0.15) is 0 Å². The summed E-state index contributed by atoms with van der Waals surface area (Å²) in [7, 11) is -5.89. The minimum absolute atomic E-state index is 0.247. The summed E-state index contributed by atoms with van der Waals surface area (Å²) in [6, 6.07) is 46.5. The van der Waals surface area contributed by atoms with Gasteiger partial charge in [0, 0.05) is 5.69 Å². The van der Waals surface area contributed by atoms with Crippen LogP contribution in [0.1, 0.15) is 5.56 Å². The van der Waals surface area contributed by atoms with Crippen molar-refractivity contribution in [2.75, 3.05) is 4.72 Å². The maximum Gasteiger partial charge on any atom is 0.261 e. The highest BCUT2D eigenvalue weighted by atomic mass is 32.2. The number of hydrogen-bond donors (Lipinski definition) is 1. The molecule has 36 heavy (non-hydrogen) atoms. The number of benzene rings is 5. The van der Waals surface area contributed by atoms with Gasteiger partial charge in [0.1, 0.15) is 28.5 Å². The Labute approximate surface area is 213 Å². The van der Waals surface area contributed by atoms with Crippen LogP contribution in [0.4, 0.5) is 5.69 Å². The Balaban J connectivity index is 1.63. The van der Waals surface area contributed by atoms with Crippen LogP contribution >= 0.6 is 7.26 Å². The van der Waals surface area contributed by atoms with E-state index in [1.165, 1.54) is 15.9 Å². The number of sulfonamides is 1. The van der Waals surface area contributed by atoms with Crippen molar-refractivity contribution >= 4 is 44.2 Å². The average molecular weight is 509 g/mol. The Morgan fingerprint density at radius 1 is 0.500 bits per heavy atom. The first kappa shape index (κ1) is 24.0. The summed E-state index contributed by atoms with van der Waals surface area (Å²) in [5.41, 5.74) is 1.55. The quantitative estimate of drug-likeness (QED) is 0.299. The van der Waals surface area contributed by atoms with Crippen molar-refractivity contribution in [3.8, 4) is 0 Å². The van der Waals surface area contributed by atoms with Crippen molar-refractivity contribution in [2.24, 2.45) is 0 Å². The Bertz CT molecular complexity index is 1440. The van der Waals surface area contributed by atoms with E-state index in [1.807, 2.05) is 37.3 Å². The number of rotatable bonds is 7. The zero-order valence-corrected chi connectivity index (χ0v) is 21.7. The molecule has 0 aliphatic rings. The third kappa shape index (κ3) is 4.58. The van der Waals surface area contributed by atoms with E-state index in [-0.39, 0.29) is 4.90 Å². The predicted octanol–water partition coefficient (Wildman–Crippen LogP) is 5.42. The van der Waals surface area contributed by atoms with E-state index in [0.29, 0.717) is 5.69 Å². The molecule has 0 aliphatic heterocycles. The highest BCUT2D eigenvalue weighted by Gasteiger charge is 2.47. The van der Waals surface area contributed by atoms with E-state index in [9.17, 15) is 8.42 Å². The van der Waals surface area contributed by atoms with Crippen molar-refractivity contribution in [1.29, 1.82) is 0 Å². The van der Waals surface area contributed by atoms with E-state index < -0.39 is 17.3 Å². The molecule has 0 spiro atoms. The van der Waals surface area contributed by atoms with Gasteiger partial charge < -0.3 is 0 Å². The molecule has 0 heterocycles. The van der Waals surface area contributed by atoms with Crippen molar-refractivity contribution in [1.82, 2.24) is 0 Å². The summed E-state index contributed by atoms with van der Waals surface area (Å²) in [6.45, 7) is 1.93. The molecular weight excluding hydrogens is 481 g/mol. The van der Waals surface area contributed by atoms with E-state index in [0.717, 1.165) is 10.9 Å². The predicted molar refractivity (Wildman–Crippen MR) is 153 cm³/mol. The molecule has 0 saturated heterocycles. The van der Waals surface area contributed by atoms with E-state index in [4.69, 9.17) is 0 Å². The molecule has 1 N–H and O–H groups in total. The number of nitrogens with one attached hydrogen (secondary N) is 1. The molecular formula is C31H27NO2PS+. The highest BCUT2D eigenvalue weighted by molar-refractivity contribution is 8.01. The largest absolute Gasteiger partial charge is 0.280 e. The van der Waals surface area contributed by atoms with Gasteiger partial charge in [-0.25, -0.2) is 8.42 Å². The first-order valence-corrected chi connectivity index (χ1v) is 15.0. The fourth-order valence-corrected chi connectivity index (χ4v) is 9.84. The normalized spacial score (nSPS) is 11.7. The van der Waals surface area contributed by atoms with Gasteiger partial charge in [-0.3, -0.25) is 4.72 Å². The van der Waals surface area contributed by atoms with Gasteiger partial charge in [-0.1, -0.05) is 72.3 Å². The fraction of sp³-hybridized carbons (Fsp3) is 0.0323. The molecule has 178 valence electrons. The van der Waals surface area contributed by atoms with Crippen LogP contribution in [0, 0.1) is 6.92 Å². The smallest absolute Gasteiger partial charge is 0.261 e. The maximum absolute atomic E-state index is 13.0. The van der Waals surface area contributed by atoms with Crippen LogP contribution in [-0.4, -0.2) is 8.42 Å².